The van der Waals surface area contributed by atoms with E-state index in [1.807, 2.05) is 4.72 Å². The van der Waals surface area contributed by atoms with Gasteiger partial charge in [-0.25, -0.2) is 17.2 Å². The van der Waals surface area contributed by atoms with Crippen LogP contribution in [0.4, 0.5) is 14.5 Å². The van der Waals surface area contributed by atoms with Gasteiger partial charge < -0.3 is 10.1 Å². The van der Waals surface area contributed by atoms with Gasteiger partial charge in [0.2, 0.25) is 10.0 Å². The summed E-state index contributed by atoms with van der Waals surface area (Å²) >= 11 is 0. The fourth-order valence-electron chi connectivity index (χ4n) is 2.10. The number of benzene rings is 2. The average molecular weight is 412 g/mol. The highest BCUT2D eigenvalue weighted by Crippen LogP contribution is 2.15. The Morgan fingerprint density at radius 1 is 1.11 bits per heavy atom. The van der Waals surface area contributed by atoms with Gasteiger partial charge in [0.25, 0.3) is 5.91 Å². The maximum atomic E-state index is 13.6. The number of halogens is 2. The topological polar surface area (TPSA) is 102 Å². The third-order valence-electron chi connectivity index (χ3n) is 3.65. The summed E-state index contributed by atoms with van der Waals surface area (Å²) in [6.45, 7) is 2.03. The van der Waals surface area contributed by atoms with Gasteiger partial charge >= 0.3 is 5.97 Å². The minimum absolute atomic E-state index is 0.177. The Balaban J connectivity index is 1.90. The van der Waals surface area contributed by atoms with E-state index in [2.05, 4.69) is 5.32 Å². The van der Waals surface area contributed by atoms with E-state index in [1.165, 1.54) is 31.2 Å². The fraction of sp³-hybridized carbons (Fsp3) is 0.222. The molecule has 0 radical (unpaired) electrons. The Morgan fingerprint density at radius 2 is 1.79 bits per heavy atom. The SMILES string of the molecule is Cc1ccc(NC(=O)[C@@H](C)OC(=O)CNS(=O)(=O)c2ccccc2F)cc1F. The van der Waals surface area contributed by atoms with Crippen LogP contribution in [0.25, 0.3) is 0 Å². The number of rotatable bonds is 7. The van der Waals surface area contributed by atoms with Crippen LogP contribution in [0.1, 0.15) is 12.5 Å². The van der Waals surface area contributed by atoms with E-state index in [1.54, 1.807) is 6.92 Å². The van der Waals surface area contributed by atoms with Gasteiger partial charge in [0.05, 0.1) is 0 Å². The van der Waals surface area contributed by atoms with E-state index in [0.717, 1.165) is 18.2 Å². The molecular formula is C18H18F2N2O5S. The Labute approximate surface area is 160 Å². The third-order valence-corrected chi connectivity index (χ3v) is 5.08. The number of anilines is 1. The van der Waals surface area contributed by atoms with Crippen molar-refractivity contribution in [3.05, 3.63) is 59.7 Å². The number of carbonyl (C=O) groups is 2. The molecule has 0 aliphatic heterocycles. The second-order valence-corrected chi connectivity index (χ2v) is 7.58. The van der Waals surface area contributed by atoms with Crippen LogP contribution in [0.15, 0.2) is 47.4 Å². The minimum atomic E-state index is -4.27. The predicted octanol–water partition coefficient (Wildman–Crippen LogP) is 2.12. The van der Waals surface area contributed by atoms with Gasteiger partial charge in [-0.15, -0.1) is 0 Å². The zero-order valence-electron chi connectivity index (χ0n) is 15.0. The number of ether oxygens (including phenoxy) is 1. The van der Waals surface area contributed by atoms with E-state index in [4.69, 9.17) is 4.74 Å². The molecule has 0 aromatic heterocycles. The maximum Gasteiger partial charge on any atom is 0.321 e. The van der Waals surface area contributed by atoms with Crippen LogP contribution < -0.4 is 10.0 Å². The van der Waals surface area contributed by atoms with Crippen molar-refractivity contribution in [2.45, 2.75) is 24.8 Å². The number of hydrogen-bond donors (Lipinski definition) is 2. The van der Waals surface area contributed by atoms with Crippen molar-refractivity contribution in [3.63, 3.8) is 0 Å². The lowest BCUT2D eigenvalue weighted by Crippen LogP contribution is -2.36. The molecule has 0 heterocycles. The summed E-state index contributed by atoms with van der Waals surface area (Å²) in [7, 11) is -4.27. The van der Waals surface area contributed by atoms with Gasteiger partial charge in [0, 0.05) is 5.69 Å². The Kier molecular flexibility index (Phi) is 6.81. The molecule has 7 nitrogen and oxygen atoms in total. The van der Waals surface area contributed by atoms with Crippen LogP contribution in [0.2, 0.25) is 0 Å². The summed E-state index contributed by atoms with van der Waals surface area (Å²) in [5, 5.41) is 2.38. The van der Waals surface area contributed by atoms with Gasteiger partial charge in [-0.1, -0.05) is 18.2 Å². The molecular weight excluding hydrogens is 394 g/mol. The van der Waals surface area contributed by atoms with E-state index in [0.29, 0.717) is 5.56 Å². The summed E-state index contributed by atoms with van der Waals surface area (Å²) in [6, 6.07) is 8.73. The van der Waals surface area contributed by atoms with Crippen LogP contribution >= 0.6 is 0 Å². The second kappa shape index (κ2) is 8.89. The van der Waals surface area contributed by atoms with Gasteiger partial charge in [-0.05, 0) is 43.7 Å². The van der Waals surface area contributed by atoms with E-state index >= 15 is 0 Å². The van der Waals surface area contributed by atoms with Crippen molar-refractivity contribution in [2.24, 2.45) is 0 Å². The maximum absolute atomic E-state index is 13.6. The van der Waals surface area contributed by atoms with Crippen molar-refractivity contribution in [1.29, 1.82) is 0 Å². The van der Waals surface area contributed by atoms with Crippen LogP contribution in [0, 0.1) is 18.6 Å². The predicted molar refractivity (Wildman–Crippen MR) is 96.9 cm³/mol. The van der Waals surface area contributed by atoms with Crippen molar-refractivity contribution < 1.29 is 31.5 Å². The highest BCUT2D eigenvalue weighted by atomic mass is 32.2. The van der Waals surface area contributed by atoms with E-state index in [-0.39, 0.29) is 5.69 Å². The van der Waals surface area contributed by atoms with E-state index < -0.39 is 51.1 Å². The number of nitrogens with one attached hydrogen (secondary N) is 2. The first-order valence-corrected chi connectivity index (χ1v) is 9.59. The molecule has 2 rings (SSSR count). The van der Waals surface area contributed by atoms with Crippen LogP contribution in [0.3, 0.4) is 0 Å². The molecule has 0 spiro atoms. The molecule has 28 heavy (non-hydrogen) atoms. The second-order valence-electron chi connectivity index (χ2n) is 5.84. The molecule has 0 fully saturated rings. The smallest absolute Gasteiger partial charge is 0.321 e. The molecule has 0 saturated carbocycles. The summed E-state index contributed by atoms with van der Waals surface area (Å²) in [4.78, 5) is 23.2. The molecule has 0 aliphatic carbocycles. The summed E-state index contributed by atoms with van der Waals surface area (Å²) in [6.07, 6.45) is -1.27. The molecule has 1 amide bonds. The number of carbonyl (C=O) groups excluding carboxylic acids is 2. The average Bonchev–Trinajstić information content (AvgIpc) is 2.63. The third kappa shape index (κ3) is 5.57. The molecule has 0 saturated heterocycles. The first-order valence-electron chi connectivity index (χ1n) is 8.11. The largest absolute Gasteiger partial charge is 0.452 e. The van der Waals surface area contributed by atoms with Crippen molar-refractivity contribution in [1.82, 2.24) is 4.72 Å². The lowest BCUT2D eigenvalue weighted by Gasteiger charge is -2.14. The first-order chi connectivity index (χ1) is 13.1. The molecule has 2 aromatic carbocycles. The minimum Gasteiger partial charge on any atom is -0.452 e. The molecule has 0 aliphatic rings. The zero-order chi connectivity index (χ0) is 20.9. The lowest BCUT2D eigenvalue weighted by atomic mass is 10.2. The van der Waals surface area contributed by atoms with Crippen LogP contribution in [0.5, 0.6) is 0 Å². The van der Waals surface area contributed by atoms with Crippen LogP contribution in [-0.4, -0.2) is 32.9 Å². The molecule has 150 valence electrons. The molecule has 2 N–H and O–H groups in total. The molecule has 1 atom stereocenters. The Morgan fingerprint density at radius 3 is 2.43 bits per heavy atom. The van der Waals surface area contributed by atoms with E-state index in [9.17, 15) is 26.8 Å². The molecule has 10 heteroatoms. The Hall–Kier alpha value is -2.85. The first kappa shape index (κ1) is 21.5. The highest BCUT2D eigenvalue weighted by Gasteiger charge is 2.22. The van der Waals surface area contributed by atoms with Crippen molar-refractivity contribution in [3.8, 4) is 0 Å². The van der Waals surface area contributed by atoms with Gasteiger partial charge in [-0.3, -0.25) is 9.59 Å². The summed E-state index contributed by atoms with van der Waals surface area (Å²) in [5.74, 6) is -3.25. The van der Waals surface area contributed by atoms with Crippen LogP contribution in [-0.2, 0) is 24.3 Å². The number of aryl methyl sites for hydroxylation is 1. The number of sulfonamides is 1. The van der Waals surface area contributed by atoms with Crippen molar-refractivity contribution in [2.75, 3.05) is 11.9 Å². The number of esters is 1. The van der Waals surface area contributed by atoms with Gasteiger partial charge in [-0.2, -0.15) is 4.72 Å². The standard InChI is InChI=1S/C18H18F2N2O5S/c1-11-7-8-13(9-15(11)20)22-18(24)12(2)27-17(23)10-21-28(25,26)16-6-4-3-5-14(16)19/h3-9,12,21H,10H2,1-2H3,(H,22,24)/t12-/m1/s1. The normalized spacial score (nSPS) is 12.3. The summed E-state index contributed by atoms with van der Waals surface area (Å²) in [5.41, 5.74) is 0.580. The molecule has 0 bridgehead atoms. The molecule has 2 aromatic rings. The molecule has 0 unspecified atom stereocenters. The monoisotopic (exact) mass is 412 g/mol. The Bertz CT molecular complexity index is 995. The van der Waals surface area contributed by atoms with Gasteiger partial charge in [0.15, 0.2) is 6.10 Å². The number of amides is 1. The van der Waals surface area contributed by atoms with Gasteiger partial charge in [0.1, 0.15) is 23.1 Å². The van der Waals surface area contributed by atoms with Crippen molar-refractivity contribution >= 4 is 27.6 Å². The summed E-state index contributed by atoms with van der Waals surface area (Å²) < 4.78 is 57.8. The highest BCUT2D eigenvalue weighted by molar-refractivity contribution is 7.89. The fourth-order valence-corrected chi connectivity index (χ4v) is 3.15. The quantitative estimate of drug-likeness (QED) is 0.679. The lowest BCUT2D eigenvalue weighted by molar-refractivity contribution is -0.151. The zero-order valence-corrected chi connectivity index (χ0v) is 15.8. The number of hydrogen-bond acceptors (Lipinski definition) is 5.